The van der Waals surface area contributed by atoms with Gasteiger partial charge in [-0.1, -0.05) is 13.8 Å². The molecule has 5 heteroatoms. The summed E-state index contributed by atoms with van der Waals surface area (Å²) in [5, 5.41) is 2.48. The molecule has 1 atom stereocenters. The van der Waals surface area contributed by atoms with Gasteiger partial charge in [0.1, 0.15) is 11.8 Å². The van der Waals surface area contributed by atoms with E-state index in [-0.39, 0.29) is 24.2 Å². The zero-order valence-electron chi connectivity index (χ0n) is 8.26. The number of ketones is 1. The van der Waals surface area contributed by atoms with Crippen molar-refractivity contribution in [2.45, 2.75) is 26.8 Å². The highest BCUT2D eigenvalue weighted by Crippen LogP contribution is 1.99. The van der Waals surface area contributed by atoms with Gasteiger partial charge >= 0.3 is 0 Å². The van der Waals surface area contributed by atoms with E-state index in [9.17, 15) is 9.59 Å². The number of amides is 1. The number of hydrogen-bond acceptors (Lipinski definition) is 4. The summed E-state index contributed by atoms with van der Waals surface area (Å²) < 4.78 is 0. The lowest BCUT2D eigenvalue weighted by Crippen LogP contribution is -2.51. The minimum Gasteiger partial charge on any atom is -0.348 e. The van der Waals surface area contributed by atoms with E-state index in [4.69, 9.17) is 5.84 Å². The van der Waals surface area contributed by atoms with Crippen LogP contribution in [0.4, 0.5) is 0 Å². The number of carbonyl (C=O) groups is 2. The van der Waals surface area contributed by atoms with E-state index in [0.717, 1.165) is 0 Å². The van der Waals surface area contributed by atoms with Gasteiger partial charge in [-0.3, -0.25) is 15.4 Å². The van der Waals surface area contributed by atoms with E-state index < -0.39 is 6.04 Å². The zero-order chi connectivity index (χ0) is 10.4. The molecule has 76 valence electrons. The largest absolute Gasteiger partial charge is 0.348 e. The molecule has 0 aliphatic carbocycles. The molecule has 0 aliphatic heterocycles. The van der Waals surface area contributed by atoms with E-state index in [1.165, 1.54) is 6.92 Å². The third-order valence-corrected chi connectivity index (χ3v) is 1.64. The zero-order valence-corrected chi connectivity index (χ0v) is 8.26. The van der Waals surface area contributed by atoms with Crippen LogP contribution in [0.15, 0.2) is 0 Å². The first-order valence-electron chi connectivity index (χ1n) is 4.22. The van der Waals surface area contributed by atoms with Crippen molar-refractivity contribution < 1.29 is 9.59 Å². The summed E-state index contributed by atoms with van der Waals surface area (Å²) in [7, 11) is 0. The van der Waals surface area contributed by atoms with Crippen LogP contribution in [-0.4, -0.2) is 24.3 Å². The van der Waals surface area contributed by atoms with E-state index in [1.807, 2.05) is 13.8 Å². The molecule has 4 N–H and O–H groups in total. The Morgan fingerprint density at radius 2 is 1.92 bits per heavy atom. The topological polar surface area (TPSA) is 84.2 Å². The van der Waals surface area contributed by atoms with Gasteiger partial charge in [0.05, 0.1) is 6.54 Å². The molecule has 0 aromatic rings. The molecule has 1 amide bonds. The number of rotatable bonds is 5. The number of Topliss-reactive ketones (excluding diaryl/α,β-unsaturated/α-hetero) is 1. The number of nitrogens with one attached hydrogen (secondary N) is 2. The molecule has 0 saturated carbocycles. The lowest BCUT2D eigenvalue weighted by atomic mass is 10.0. The second-order valence-electron chi connectivity index (χ2n) is 3.31. The van der Waals surface area contributed by atoms with Crippen LogP contribution in [0.25, 0.3) is 0 Å². The van der Waals surface area contributed by atoms with Gasteiger partial charge in [-0.05, 0) is 12.8 Å². The summed E-state index contributed by atoms with van der Waals surface area (Å²) in [6, 6.07) is -0.445. The second-order valence-corrected chi connectivity index (χ2v) is 3.31. The molecule has 0 bridgehead atoms. The average Bonchev–Trinajstić information content (AvgIpc) is 2.01. The standard InChI is InChI=1S/C8H17N3O2/c1-5(2)7(11-9)8(13)10-4-6(3)12/h5,7,11H,4,9H2,1-3H3,(H,10,13). The van der Waals surface area contributed by atoms with Crippen molar-refractivity contribution in [2.24, 2.45) is 11.8 Å². The first kappa shape index (κ1) is 12.1. The molecule has 0 saturated heterocycles. The van der Waals surface area contributed by atoms with E-state index in [1.54, 1.807) is 0 Å². The van der Waals surface area contributed by atoms with Gasteiger partial charge in [0.25, 0.3) is 0 Å². The molecule has 0 aromatic heterocycles. The maximum absolute atomic E-state index is 11.3. The Bertz CT molecular complexity index is 192. The molecule has 0 radical (unpaired) electrons. The molecular formula is C8H17N3O2. The van der Waals surface area contributed by atoms with Crippen LogP contribution >= 0.6 is 0 Å². The van der Waals surface area contributed by atoms with Crippen molar-refractivity contribution in [2.75, 3.05) is 6.54 Å². The van der Waals surface area contributed by atoms with Crippen molar-refractivity contribution in [3.63, 3.8) is 0 Å². The van der Waals surface area contributed by atoms with Gasteiger partial charge in [0, 0.05) is 0 Å². The molecule has 0 aromatic carbocycles. The average molecular weight is 187 g/mol. The van der Waals surface area contributed by atoms with Crippen LogP contribution in [0, 0.1) is 5.92 Å². The van der Waals surface area contributed by atoms with Crippen LogP contribution in [0.1, 0.15) is 20.8 Å². The Morgan fingerprint density at radius 3 is 2.23 bits per heavy atom. The van der Waals surface area contributed by atoms with Gasteiger partial charge in [0.2, 0.25) is 5.91 Å². The number of carbonyl (C=O) groups excluding carboxylic acids is 2. The molecule has 5 nitrogen and oxygen atoms in total. The number of hydrogen-bond donors (Lipinski definition) is 3. The van der Waals surface area contributed by atoms with Gasteiger partial charge in [-0.2, -0.15) is 0 Å². The third-order valence-electron chi connectivity index (χ3n) is 1.64. The molecule has 1 unspecified atom stereocenters. The monoisotopic (exact) mass is 187 g/mol. The maximum atomic E-state index is 11.3. The molecule has 13 heavy (non-hydrogen) atoms. The predicted molar refractivity (Wildman–Crippen MR) is 49.6 cm³/mol. The van der Waals surface area contributed by atoms with Crippen molar-refractivity contribution in [3.8, 4) is 0 Å². The highest BCUT2D eigenvalue weighted by molar-refractivity contribution is 5.87. The summed E-state index contributed by atoms with van der Waals surface area (Å²) in [6.45, 7) is 5.22. The third kappa shape index (κ3) is 4.59. The van der Waals surface area contributed by atoms with Gasteiger partial charge in [0.15, 0.2) is 0 Å². The van der Waals surface area contributed by atoms with Crippen LogP contribution in [0.3, 0.4) is 0 Å². The lowest BCUT2D eigenvalue weighted by molar-refractivity contribution is -0.126. The quantitative estimate of drug-likeness (QED) is 0.388. The van der Waals surface area contributed by atoms with Crippen molar-refractivity contribution >= 4 is 11.7 Å². The fraction of sp³-hybridized carbons (Fsp3) is 0.750. The predicted octanol–water partition coefficient (Wildman–Crippen LogP) is -0.820. The summed E-state index contributed by atoms with van der Waals surface area (Å²) >= 11 is 0. The van der Waals surface area contributed by atoms with E-state index in [0.29, 0.717) is 0 Å². The first-order chi connectivity index (χ1) is 5.99. The Hall–Kier alpha value is -0.940. The minimum absolute atomic E-state index is 0.0593. The first-order valence-corrected chi connectivity index (χ1v) is 4.22. The molecule has 0 aliphatic rings. The minimum atomic E-state index is -0.445. The molecule has 0 rings (SSSR count). The molecular weight excluding hydrogens is 170 g/mol. The highest BCUT2D eigenvalue weighted by Gasteiger charge is 2.19. The van der Waals surface area contributed by atoms with Gasteiger partial charge in [-0.25, -0.2) is 5.43 Å². The van der Waals surface area contributed by atoms with Crippen LogP contribution in [0.2, 0.25) is 0 Å². The van der Waals surface area contributed by atoms with Crippen molar-refractivity contribution in [3.05, 3.63) is 0 Å². The Labute approximate surface area is 78.0 Å². The number of nitrogens with two attached hydrogens (primary N) is 1. The van der Waals surface area contributed by atoms with Crippen LogP contribution in [0.5, 0.6) is 0 Å². The Morgan fingerprint density at radius 1 is 1.38 bits per heavy atom. The van der Waals surface area contributed by atoms with Gasteiger partial charge < -0.3 is 5.32 Å². The summed E-state index contributed by atoms with van der Waals surface area (Å²) in [5.41, 5.74) is 2.40. The van der Waals surface area contributed by atoms with Gasteiger partial charge in [-0.15, -0.1) is 0 Å². The van der Waals surface area contributed by atoms with Crippen molar-refractivity contribution in [1.82, 2.24) is 10.7 Å². The SMILES string of the molecule is CC(=O)CNC(=O)C(NN)C(C)C. The summed E-state index contributed by atoms with van der Waals surface area (Å²) in [4.78, 5) is 21.9. The smallest absolute Gasteiger partial charge is 0.239 e. The summed E-state index contributed by atoms with van der Waals surface area (Å²) in [6.07, 6.45) is 0. The fourth-order valence-electron chi connectivity index (χ4n) is 0.892. The second kappa shape index (κ2) is 5.66. The van der Waals surface area contributed by atoms with Crippen molar-refractivity contribution in [1.29, 1.82) is 0 Å². The fourth-order valence-corrected chi connectivity index (χ4v) is 0.892. The Kier molecular flexibility index (Phi) is 5.25. The van der Waals surface area contributed by atoms with E-state index in [2.05, 4.69) is 10.7 Å². The lowest BCUT2D eigenvalue weighted by Gasteiger charge is -2.18. The van der Waals surface area contributed by atoms with E-state index >= 15 is 0 Å². The molecule has 0 heterocycles. The normalized spacial score (nSPS) is 12.7. The summed E-state index contributed by atoms with van der Waals surface area (Å²) in [5.74, 6) is 4.96. The molecule has 0 fully saturated rings. The Balaban J connectivity index is 3.99. The number of hydrazine groups is 1. The van der Waals surface area contributed by atoms with Crippen LogP contribution in [-0.2, 0) is 9.59 Å². The maximum Gasteiger partial charge on any atom is 0.239 e. The van der Waals surface area contributed by atoms with Crippen LogP contribution < -0.4 is 16.6 Å². The molecule has 0 spiro atoms. The highest BCUT2D eigenvalue weighted by atomic mass is 16.2.